The predicted molar refractivity (Wildman–Crippen MR) is 60.6 cm³/mol. The van der Waals surface area contributed by atoms with Crippen LogP contribution in [0, 0.1) is 0 Å². The summed E-state index contributed by atoms with van der Waals surface area (Å²) in [6.45, 7) is 0. The van der Waals surface area contributed by atoms with Gasteiger partial charge in [0.2, 0.25) is 5.79 Å². The molecular weight excluding hydrogens is 254 g/mol. The topological polar surface area (TPSA) is 94.1 Å². The molecule has 2 N–H and O–H groups in total. The highest BCUT2D eigenvalue weighted by atomic mass is 16.9. The average molecular weight is 271 g/mol. The van der Waals surface area contributed by atoms with Crippen molar-refractivity contribution in [1.82, 2.24) is 5.48 Å². The second-order valence-electron chi connectivity index (χ2n) is 5.43. The van der Waals surface area contributed by atoms with Gasteiger partial charge in [-0.05, 0) is 12.8 Å². The van der Waals surface area contributed by atoms with Gasteiger partial charge in [-0.15, -0.1) is 0 Å². The Balaban J connectivity index is 1.71. The lowest BCUT2D eigenvalue weighted by Crippen LogP contribution is -2.39. The molecule has 7 nitrogen and oxygen atoms in total. The van der Waals surface area contributed by atoms with Gasteiger partial charge in [0.1, 0.15) is 0 Å². The fourth-order valence-electron chi connectivity index (χ4n) is 3.00. The molecule has 2 saturated heterocycles. The first-order valence-corrected chi connectivity index (χ1v) is 6.63. The number of carboxylic acids is 1. The number of hydrogen-bond donors (Lipinski definition) is 2. The van der Waals surface area contributed by atoms with Crippen LogP contribution >= 0.6 is 0 Å². The van der Waals surface area contributed by atoms with Crippen LogP contribution in [0.3, 0.4) is 0 Å². The fourth-order valence-corrected chi connectivity index (χ4v) is 3.00. The van der Waals surface area contributed by atoms with E-state index in [2.05, 4.69) is 5.48 Å². The van der Waals surface area contributed by atoms with Crippen LogP contribution in [0.1, 0.15) is 44.9 Å². The molecule has 0 radical (unpaired) electrons. The maximum atomic E-state index is 12.0. The van der Waals surface area contributed by atoms with Crippen LogP contribution in [0.15, 0.2) is 0 Å². The minimum atomic E-state index is -1.46. The number of ether oxygens (including phenoxy) is 2. The third-order valence-corrected chi connectivity index (χ3v) is 3.88. The Hall–Kier alpha value is -1.18. The Labute approximate surface area is 110 Å². The van der Waals surface area contributed by atoms with E-state index in [1.54, 1.807) is 0 Å². The molecule has 2 heterocycles. The summed E-state index contributed by atoms with van der Waals surface area (Å²) >= 11 is 0. The van der Waals surface area contributed by atoms with Gasteiger partial charge in [0.25, 0.3) is 5.79 Å². The van der Waals surface area contributed by atoms with E-state index in [9.17, 15) is 9.59 Å². The van der Waals surface area contributed by atoms with E-state index in [0.29, 0.717) is 12.8 Å². The predicted octanol–water partition coefficient (Wildman–Crippen LogP) is 0.685. The van der Waals surface area contributed by atoms with Gasteiger partial charge in [-0.1, -0.05) is 6.42 Å². The number of esters is 1. The summed E-state index contributed by atoms with van der Waals surface area (Å²) < 4.78 is 11.2. The van der Waals surface area contributed by atoms with Crippen LogP contribution < -0.4 is 5.48 Å². The third-order valence-electron chi connectivity index (χ3n) is 3.88. The lowest BCUT2D eigenvalue weighted by atomic mass is 9.94. The Morgan fingerprint density at radius 3 is 2.79 bits per heavy atom. The summed E-state index contributed by atoms with van der Waals surface area (Å²) in [6.07, 6.45) is 4.41. The molecule has 2 spiro atoms. The van der Waals surface area contributed by atoms with Crippen LogP contribution in [0.25, 0.3) is 0 Å². The molecule has 1 saturated carbocycles. The number of carbonyl (C=O) groups is 2. The van der Waals surface area contributed by atoms with Crippen LogP contribution in [0.2, 0.25) is 0 Å². The molecule has 3 rings (SSSR count). The largest absolute Gasteiger partial charge is 0.481 e. The molecular formula is C12H17NO6. The molecule has 0 aromatic heterocycles. The number of hydrogen-bond acceptors (Lipinski definition) is 6. The number of aliphatic carboxylic acids is 1. The van der Waals surface area contributed by atoms with E-state index in [1.807, 2.05) is 0 Å². The summed E-state index contributed by atoms with van der Waals surface area (Å²) in [5.74, 6) is -3.82. The van der Waals surface area contributed by atoms with Gasteiger partial charge in [0.15, 0.2) is 0 Å². The van der Waals surface area contributed by atoms with Crippen LogP contribution in [-0.4, -0.2) is 34.7 Å². The highest BCUT2D eigenvalue weighted by Crippen LogP contribution is 2.46. The van der Waals surface area contributed by atoms with Crippen LogP contribution in [0.5, 0.6) is 0 Å². The number of hydroxylamine groups is 1. The molecule has 19 heavy (non-hydrogen) atoms. The van der Waals surface area contributed by atoms with Crippen molar-refractivity contribution in [1.29, 1.82) is 0 Å². The second-order valence-corrected chi connectivity index (χ2v) is 5.43. The van der Waals surface area contributed by atoms with E-state index < -0.39 is 29.6 Å². The highest BCUT2D eigenvalue weighted by molar-refractivity contribution is 5.80. The second kappa shape index (κ2) is 4.43. The van der Waals surface area contributed by atoms with E-state index in [1.165, 1.54) is 0 Å². The summed E-state index contributed by atoms with van der Waals surface area (Å²) in [7, 11) is 0. The minimum Gasteiger partial charge on any atom is -0.481 e. The number of carboxylic acid groups (broad SMARTS) is 1. The number of carbonyl (C=O) groups excluding carboxylic acids is 1. The van der Waals surface area contributed by atoms with Gasteiger partial charge >= 0.3 is 11.9 Å². The Bertz CT molecular complexity index is 405. The Morgan fingerprint density at radius 2 is 2.11 bits per heavy atom. The summed E-state index contributed by atoms with van der Waals surface area (Å²) in [6, 6.07) is -0.441. The lowest BCUT2D eigenvalue weighted by Gasteiger charge is -2.31. The maximum absolute atomic E-state index is 12.0. The monoisotopic (exact) mass is 271 g/mol. The summed E-state index contributed by atoms with van der Waals surface area (Å²) in [5.41, 5.74) is 2.57. The quantitative estimate of drug-likeness (QED) is 0.713. The van der Waals surface area contributed by atoms with E-state index in [-0.39, 0.29) is 12.8 Å². The molecule has 0 bridgehead atoms. The maximum Gasteiger partial charge on any atom is 0.371 e. The first-order valence-electron chi connectivity index (χ1n) is 6.63. The van der Waals surface area contributed by atoms with E-state index in [0.717, 1.165) is 19.3 Å². The molecule has 3 fully saturated rings. The minimum absolute atomic E-state index is 0.120. The molecule has 106 valence electrons. The normalized spacial score (nSPS) is 36.8. The zero-order chi connectivity index (χ0) is 13.5. The number of nitrogens with one attached hydrogen (secondary N) is 1. The van der Waals surface area contributed by atoms with Crippen molar-refractivity contribution in [3.8, 4) is 0 Å². The molecule has 1 aliphatic carbocycles. The van der Waals surface area contributed by atoms with E-state index in [4.69, 9.17) is 19.4 Å². The molecule has 0 aromatic carbocycles. The van der Waals surface area contributed by atoms with E-state index >= 15 is 0 Å². The van der Waals surface area contributed by atoms with Gasteiger partial charge in [0.05, 0.1) is 6.42 Å². The highest BCUT2D eigenvalue weighted by Gasteiger charge is 2.62. The van der Waals surface area contributed by atoms with Gasteiger partial charge in [0, 0.05) is 25.3 Å². The first kappa shape index (κ1) is 12.8. The smallest absolute Gasteiger partial charge is 0.371 e. The van der Waals surface area contributed by atoms with Gasteiger partial charge < -0.3 is 9.84 Å². The van der Waals surface area contributed by atoms with Crippen LogP contribution in [0.4, 0.5) is 0 Å². The Morgan fingerprint density at radius 1 is 1.37 bits per heavy atom. The van der Waals surface area contributed by atoms with Crippen molar-refractivity contribution < 1.29 is 29.0 Å². The average Bonchev–Trinajstić information content (AvgIpc) is 2.83. The number of rotatable bonds is 2. The molecule has 7 heteroatoms. The fraction of sp³-hybridized carbons (Fsp3) is 0.833. The third kappa shape index (κ3) is 2.22. The standard InChI is InChI=1S/C12H17NO6/c14-9(15)6-8-7-12(19-13-8)10(16)17-11(18-12)4-2-1-3-5-11/h8,13H,1-7H2,(H,14,15)/t8-,12?/m0/s1. The molecule has 2 atom stereocenters. The van der Waals surface area contributed by atoms with Crippen LogP contribution in [-0.2, 0) is 23.9 Å². The molecule has 0 amide bonds. The molecule has 1 unspecified atom stereocenters. The van der Waals surface area contributed by atoms with Gasteiger partial charge in [-0.2, -0.15) is 5.48 Å². The Kier molecular flexibility index (Phi) is 2.99. The van der Waals surface area contributed by atoms with Crippen molar-refractivity contribution >= 4 is 11.9 Å². The van der Waals surface area contributed by atoms with Gasteiger partial charge in [-0.25, -0.2) is 4.79 Å². The van der Waals surface area contributed by atoms with Crippen molar-refractivity contribution in [2.45, 2.75) is 62.6 Å². The molecule has 0 aromatic rings. The lowest BCUT2D eigenvalue weighted by molar-refractivity contribution is -0.270. The van der Waals surface area contributed by atoms with Crippen molar-refractivity contribution in [3.63, 3.8) is 0 Å². The van der Waals surface area contributed by atoms with Gasteiger partial charge in [-0.3, -0.25) is 14.4 Å². The zero-order valence-electron chi connectivity index (χ0n) is 10.5. The SMILES string of the molecule is O=C(O)C[C@H]1CC2(ON1)OC1(CCCCC1)OC2=O. The molecule has 3 aliphatic rings. The summed E-state index contributed by atoms with van der Waals surface area (Å²) in [4.78, 5) is 28.0. The summed E-state index contributed by atoms with van der Waals surface area (Å²) in [5, 5.41) is 8.76. The van der Waals surface area contributed by atoms with Crippen molar-refractivity contribution in [2.24, 2.45) is 0 Å². The first-order chi connectivity index (χ1) is 9.04. The molecule has 2 aliphatic heterocycles. The zero-order valence-corrected chi connectivity index (χ0v) is 10.5. The van der Waals surface area contributed by atoms with Crippen molar-refractivity contribution in [2.75, 3.05) is 0 Å². The van der Waals surface area contributed by atoms with Crippen molar-refractivity contribution in [3.05, 3.63) is 0 Å².